The highest BCUT2D eigenvalue weighted by molar-refractivity contribution is 6.07. The van der Waals surface area contributed by atoms with Crippen LogP contribution in [0.25, 0.3) is 0 Å². The topological polar surface area (TPSA) is 62.6 Å². The zero-order valence-electron chi connectivity index (χ0n) is 22.6. The predicted molar refractivity (Wildman–Crippen MR) is 141 cm³/mol. The maximum absolute atomic E-state index is 13.7. The smallest absolute Gasteiger partial charge is 0.182 e. The van der Waals surface area contributed by atoms with Gasteiger partial charge in [0.2, 0.25) is 0 Å². The van der Waals surface area contributed by atoms with Crippen LogP contribution in [0.1, 0.15) is 101 Å². The molecule has 1 N–H and O–H groups in total. The number of Topliss-reactive ketones (excluding diaryl/α,β-unsaturated/α-hetero) is 1. The number of nitrogens with one attached hydrogen (secondary N) is 1. The first kappa shape index (κ1) is 25.3. The molecule has 1 aliphatic carbocycles. The van der Waals surface area contributed by atoms with Crippen LogP contribution >= 0.6 is 0 Å². The first-order chi connectivity index (χ1) is 16.3. The number of carbonyl (C=O) groups is 1. The summed E-state index contributed by atoms with van der Waals surface area (Å²) in [6.07, 6.45) is 1.87. The average Bonchev–Trinajstić information content (AvgIpc) is 3.54. The second-order valence-corrected chi connectivity index (χ2v) is 11.9. The highest BCUT2D eigenvalue weighted by Gasteiger charge is 2.57. The van der Waals surface area contributed by atoms with E-state index < -0.39 is 0 Å². The van der Waals surface area contributed by atoms with Gasteiger partial charge in [-0.3, -0.25) is 10.2 Å². The van der Waals surface area contributed by atoms with Crippen molar-refractivity contribution in [2.75, 3.05) is 19.8 Å². The van der Waals surface area contributed by atoms with Crippen LogP contribution in [0.5, 0.6) is 11.5 Å². The number of amidine groups is 1. The van der Waals surface area contributed by atoms with Gasteiger partial charge in [0.1, 0.15) is 5.84 Å². The zero-order chi connectivity index (χ0) is 25.8. The molecule has 1 spiro atoms. The van der Waals surface area contributed by atoms with Gasteiger partial charge in [0.05, 0.1) is 25.3 Å². The highest BCUT2D eigenvalue weighted by Crippen LogP contribution is 2.58. The summed E-state index contributed by atoms with van der Waals surface area (Å²) < 4.78 is 11.7. The lowest BCUT2D eigenvalue weighted by Crippen LogP contribution is -2.38. The van der Waals surface area contributed by atoms with Gasteiger partial charge in [0.15, 0.2) is 17.3 Å². The van der Waals surface area contributed by atoms with Crippen LogP contribution in [0.15, 0.2) is 30.3 Å². The Kier molecular flexibility index (Phi) is 6.27. The third kappa shape index (κ3) is 4.57. The average molecular weight is 477 g/mol. The monoisotopic (exact) mass is 476 g/mol. The van der Waals surface area contributed by atoms with Crippen LogP contribution in [0.3, 0.4) is 0 Å². The fourth-order valence-corrected chi connectivity index (χ4v) is 4.96. The Morgan fingerprint density at radius 1 is 0.886 bits per heavy atom. The number of nitrogens with zero attached hydrogens (tertiary/aromatic N) is 1. The molecule has 0 unspecified atom stereocenters. The molecule has 2 aliphatic rings. The molecule has 2 aromatic rings. The molecule has 5 nitrogen and oxygen atoms in total. The highest BCUT2D eigenvalue weighted by atomic mass is 16.5. The minimum Gasteiger partial charge on any atom is -0.490 e. The summed E-state index contributed by atoms with van der Waals surface area (Å²) in [6.45, 7) is 18.3. The van der Waals surface area contributed by atoms with Gasteiger partial charge >= 0.3 is 0 Å². The normalized spacial score (nSPS) is 16.5. The third-order valence-electron chi connectivity index (χ3n) is 7.24. The van der Waals surface area contributed by atoms with Gasteiger partial charge in [-0.05, 0) is 78.5 Å². The Balaban J connectivity index is 1.70. The molecule has 0 atom stereocenters. The van der Waals surface area contributed by atoms with Gasteiger partial charge in [0.25, 0.3) is 0 Å². The summed E-state index contributed by atoms with van der Waals surface area (Å²) in [7, 11) is 0. The van der Waals surface area contributed by atoms with E-state index in [2.05, 4.69) is 47.6 Å². The van der Waals surface area contributed by atoms with Crippen molar-refractivity contribution in [1.29, 1.82) is 5.41 Å². The van der Waals surface area contributed by atoms with Crippen molar-refractivity contribution in [3.8, 4) is 11.5 Å². The number of hydrogen-bond donors (Lipinski definition) is 1. The molecule has 188 valence electrons. The van der Waals surface area contributed by atoms with Gasteiger partial charge in [-0.15, -0.1) is 0 Å². The molecular formula is C30H40N2O3. The van der Waals surface area contributed by atoms with Crippen LogP contribution in [0.2, 0.25) is 0 Å². The lowest BCUT2D eigenvalue weighted by atomic mass is 9.79. The first-order valence-electron chi connectivity index (χ1n) is 12.8. The molecule has 1 saturated carbocycles. The first-order valence-corrected chi connectivity index (χ1v) is 12.8. The number of carbonyl (C=O) groups excluding carboxylic acids is 1. The molecular weight excluding hydrogens is 436 g/mol. The van der Waals surface area contributed by atoms with Crippen LogP contribution in [0, 0.1) is 5.41 Å². The summed E-state index contributed by atoms with van der Waals surface area (Å²) >= 11 is 0. The second-order valence-electron chi connectivity index (χ2n) is 11.9. The maximum atomic E-state index is 13.7. The number of ether oxygens (including phenoxy) is 2. The van der Waals surface area contributed by atoms with E-state index in [-0.39, 0.29) is 28.7 Å². The summed E-state index contributed by atoms with van der Waals surface area (Å²) in [4.78, 5) is 15.7. The van der Waals surface area contributed by atoms with E-state index in [0.29, 0.717) is 30.5 Å². The van der Waals surface area contributed by atoms with Crippen LogP contribution < -0.4 is 9.47 Å². The molecule has 4 rings (SSSR count). The minimum atomic E-state index is -0.285. The Labute approximate surface area is 210 Å². The molecule has 2 aromatic carbocycles. The lowest BCUT2D eigenvalue weighted by molar-refractivity contribution is 0.0943. The SMILES string of the molecule is CCOc1cc2c(cc1OCC)C1(CC1)N(CC(=O)c1cc(C(C)(C)C)cc(C(C)(C)C)c1)C2=N. The van der Waals surface area contributed by atoms with Gasteiger partial charge in [-0.1, -0.05) is 47.6 Å². The van der Waals surface area contributed by atoms with Crippen molar-refractivity contribution in [2.45, 2.75) is 84.6 Å². The van der Waals surface area contributed by atoms with Gasteiger partial charge in [-0.25, -0.2) is 0 Å². The molecule has 0 amide bonds. The van der Waals surface area contributed by atoms with Gasteiger partial charge in [-0.2, -0.15) is 0 Å². The zero-order valence-corrected chi connectivity index (χ0v) is 22.6. The van der Waals surface area contributed by atoms with E-state index in [1.165, 1.54) is 0 Å². The van der Waals surface area contributed by atoms with Crippen LogP contribution in [-0.2, 0) is 16.4 Å². The van der Waals surface area contributed by atoms with E-state index >= 15 is 0 Å². The predicted octanol–water partition coefficient (Wildman–Crippen LogP) is 6.59. The summed E-state index contributed by atoms with van der Waals surface area (Å²) in [5.74, 6) is 1.83. The molecule has 1 heterocycles. The number of benzene rings is 2. The van der Waals surface area contributed by atoms with Crippen molar-refractivity contribution < 1.29 is 14.3 Å². The molecule has 0 bridgehead atoms. The van der Waals surface area contributed by atoms with Crippen molar-refractivity contribution in [3.05, 3.63) is 58.1 Å². The van der Waals surface area contributed by atoms with Crippen molar-refractivity contribution in [2.24, 2.45) is 0 Å². The molecule has 1 aliphatic heterocycles. The van der Waals surface area contributed by atoms with E-state index in [9.17, 15) is 4.79 Å². The summed E-state index contributed by atoms with van der Waals surface area (Å²) in [5, 5.41) is 9.00. The third-order valence-corrected chi connectivity index (χ3v) is 7.24. The summed E-state index contributed by atoms with van der Waals surface area (Å²) in [6, 6.07) is 10.3. The summed E-state index contributed by atoms with van der Waals surface area (Å²) in [5.41, 5.74) is 4.58. The molecule has 5 heteroatoms. The molecule has 0 aromatic heterocycles. The maximum Gasteiger partial charge on any atom is 0.182 e. The van der Waals surface area contributed by atoms with E-state index in [1.807, 2.05) is 43.0 Å². The van der Waals surface area contributed by atoms with E-state index in [0.717, 1.165) is 40.7 Å². The number of rotatable bonds is 7. The largest absolute Gasteiger partial charge is 0.490 e. The van der Waals surface area contributed by atoms with Gasteiger partial charge < -0.3 is 14.4 Å². The second kappa shape index (κ2) is 8.69. The van der Waals surface area contributed by atoms with E-state index in [1.54, 1.807) is 0 Å². The lowest BCUT2D eigenvalue weighted by Gasteiger charge is -2.28. The Hall–Kier alpha value is -2.82. The van der Waals surface area contributed by atoms with Crippen LogP contribution in [-0.4, -0.2) is 36.3 Å². The fourth-order valence-electron chi connectivity index (χ4n) is 4.96. The van der Waals surface area contributed by atoms with E-state index in [4.69, 9.17) is 14.9 Å². The molecule has 0 saturated heterocycles. The molecule has 0 radical (unpaired) electrons. The Morgan fingerprint density at radius 2 is 1.40 bits per heavy atom. The quantitative estimate of drug-likeness (QED) is 0.458. The molecule has 35 heavy (non-hydrogen) atoms. The standard InChI is InChI=1S/C30H40N2O3/c1-9-34-25-16-22-23(17-26(25)35-10-2)30(11-12-30)32(27(22)31)18-24(33)19-13-20(28(3,4)5)15-21(14-19)29(6,7)8/h13-17,31H,9-12,18H2,1-8H3. The van der Waals surface area contributed by atoms with Crippen LogP contribution in [0.4, 0.5) is 0 Å². The Morgan fingerprint density at radius 3 is 1.86 bits per heavy atom. The number of ketones is 1. The molecule has 1 fully saturated rings. The van der Waals surface area contributed by atoms with Gasteiger partial charge in [0, 0.05) is 11.1 Å². The number of hydrogen-bond acceptors (Lipinski definition) is 4. The number of fused-ring (bicyclic) bond motifs is 2. The van der Waals surface area contributed by atoms with Crippen molar-refractivity contribution >= 4 is 11.6 Å². The Bertz CT molecular complexity index is 1130. The van der Waals surface area contributed by atoms with Crippen molar-refractivity contribution in [1.82, 2.24) is 4.90 Å². The van der Waals surface area contributed by atoms with Crippen molar-refractivity contribution in [3.63, 3.8) is 0 Å². The fraction of sp³-hybridized carbons (Fsp3) is 0.533. The minimum absolute atomic E-state index is 0.0560.